The average molecular weight is 854 g/mol. The lowest BCUT2D eigenvalue weighted by Crippen LogP contribution is -2.70. The average Bonchev–Trinajstić information content (AvgIpc) is 3.20. The molecule has 0 aromatic heterocycles. The van der Waals surface area contributed by atoms with E-state index < -0.39 is 180 Å². The maximum absolute atomic E-state index is 12.6. The van der Waals surface area contributed by atoms with Crippen molar-refractivity contribution in [3.8, 4) is 0 Å². The summed E-state index contributed by atoms with van der Waals surface area (Å²) in [6.45, 7) is -1.71. The Kier molecular flexibility index (Phi) is 18.0. The lowest BCUT2D eigenvalue weighted by Gasteiger charge is -2.50. The van der Waals surface area contributed by atoms with Gasteiger partial charge in [0, 0.05) is 6.92 Å². The molecule has 24 atom stereocenters. The molecule has 0 saturated carbocycles. The number of amides is 1. The third kappa shape index (κ3) is 10.6. The maximum Gasteiger partial charge on any atom is 0.217 e. The van der Waals surface area contributed by atoms with E-state index in [9.17, 15) is 86.2 Å². The van der Waals surface area contributed by atoms with E-state index in [0.717, 1.165) is 6.92 Å². The standard InChI is InChI=1S/C32H55NO25/c1-8-16(42)21(47)23(49)30(51-8)58-28-22(48)18(44)12(5-36)54-32(28)56-26-15(33-9(2)39)29(52-13(6-37)19(26)45)57-27-20(46)14(7-38)53-31(24(27)50)55-25(11(41)4-35)17(43)10(40)3-34/h3,8,10-32,35-38,40-50H,4-7H2,1-2H3,(H,33,39)/t8-,10-,11+,12+,13+,14+,15+,16+,17+,18-,19+,20-,21+,22-,23-,24+,25+,26+,27-,28-,29-,30-,31-,32-/m0/s1. The van der Waals surface area contributed by atoms with E-state index in [4.69, 9.17) is 37.9 Å². The zero-order valence-corrected chi connectivity index (χ0v) is 31.1. The summed E-state index contributed by atoms with van der Waals surface area (Å²) in [7, 11) is 0. The van der Waals surface area contributed by atoms with Crippen molar-refractivity contribution in [2.75, 3.05) is 26.4 Å². The molecule has 0 aromatic carbocycles. The summed E-state index contributed by atoms with van der Waals surface area (Å²) in [5.74, 6) is -0.849. The highest BCUT2D eigenvalue weighted by Crippen LogP contribution is 2.35. The Hall–Kier alpha value is -1.78. The molecule has 0 radical (unpaired) electrons. The van der Waals surface area contributed by atoms with Crippen molar-refractivity contribution in [3.05, 3.63) is 0 Å². The van der Waals surface area contributed by atoms with E-state index in [2.05, 4.69) is 5.32 Å². The predicted octanol–water partition coefficient (Wildman–Crippen LogP) is -10.9. The number of nitrogens with one attached hydrogen (secondary N) is 1. The summed E-state index contributed by atoms with van der Waals surface area (Å²) in [5, 5.41) is 159. The predicted molar refractivity (Wildman–Crippen MR) is 178 cm³/mol. The van der Waals surface area contributed by atoms with Crippen molar-refractivity contribution in [2.45, 2.75) is 161 Å². The first kappa shape index (κ1) is 48.9. The summed E-state index contributed by atoms with van der Waals surface area (Å²) in [5.41, 5.74) is 0. The first-order valence-electron chi connectivity index (χ1n) is 18.2. The van der Waals surface area contributed by atoms with Gasteiger partial charge in [0.2, 0.25) is 5.91 Å². The van der Waals surface area contributed by atoms with Gasteiger partial charge in [0.25, 0.3) is 0 Å². The van der Waals surface area contributed by atoms with Crippen LogP contribution in [0.4, 0.5) is 0 Å². The molecule has 58 heavy (non-hydrogen) atoms. The zero-order valence-electron chi connectivity index (χ0n) is 31.1. The molecule has 4 aliphatic heterocycles. The van der Waals surface area contributed by atoms with Crippen LogP contribution in [0.3, 0.4) is 0 Å². The summed E-state index contributed by atoms with van der Waals surface area (Å²) in [4.78, 5) is 23.7. The van der Waals surface area contributed by atoms with Crippen molar-refractivity contribution in [2.24, 2.45) is 0 Å². The van der Waals surface area contributed by atoms with Crippen LogP contribution in [0.1, 0.15) is 13.8 Å². The van der Waals surface area contributed by atoms with Crippen molar-refractivity contribution < 1.29 is 124 Å². The highest BCUT2D eigenvalue weighted by molar-refractivity contribution is 5.73. The molecule has 0 unspecified atom stereocenters. The Labute approximate surface area is 329 Å². The van der Waals surface area contributed by atoms with Crippen LogP contribution in [0.5, 0.6) is 0 Å². The fraction of sp³-hybridized carbons (Fsp3) is 0.938. The summed E-state index contributed by atoms with van der Waals surface area (Å²) >= 11 is 0. The van der Waals surface area contributed by atoms with Gasteiger partial charge in [0.05, 0.1) is 32.5 Å². The molecule has 0 spiro atoms. The number of carbonyl (C=O) groups excluding carboxylic acids is 2. The van der Waals surface area contributed by atoms with Crippen LogP contribution in [0, 0.1) is 0 Å². The maximum atomic E-state index is 12.6. The monoisotopic (exact) mass is 853 g/mol. The summed E-state index contributed by atoms with van der Waals surface area (Å²) in [6, 6.07) is -1.76. The molecular formula is C32H55NO25. The van der Waals surface area contributed by atoms with Crippen LogP contribution in [0.2, 0.25) is 0 Å². The first-order chi connectivity index (χ1) is 27.3. The zero-order chi connectivity index (χ0) is 43.3. The fourth-order valence-corrected chi connectivity index (χ4v) is 6.89. The Morgan fingerprint density at radius 1 is 0.621 bits per heavy atom. The van der Waals surface area contributed by atoms with Gasteiger partial charge in [-0.3, -0.25) is 4.79 Å². The summed E-state index contributed by atoms with van der Waals surface area (Å²) in [6.07, 6.45) is -43.8. The van der Waals surface area contributed by atoms with Crippen LogP contribution >= 0.6 is 0 Å². The van der Waals surface area contributed by atoms with Crippen molar-refractivity contribution in [3.63, 3.8) is 0 Å². The topological polar surface area (TPSA) is 423 Å². The van der Waals surface area contributed by atoms with E-state index in [1.54, 1.807) is 0 Å². The molecule has 4 saturated heterocycles. The van der Waals surface area contributed by atoms with Gasteiger partial charge in [-0.25, -0.2) is 0 Å². The van der Waals surface area contributed by atoms with Gasteiger partial charge >= 0.3 is 0 Å². The molecule has 0 bridgehead atoms. The number of aliphatic hydroxyl groups is 15. The molecular weight excluding hydrogens is 798 g/mol. The lowest BCUT2D eigenvalue weighted by atomic mass is 9.94. The molecule has 4 fully saturated rings. The third-order valence-corrected chi connectivity index (χ3v) is 10.2. The van der Waals surface area contributed by atoms with E-state index >= 15 is 0 Å². The second kappa shape index (κ2) is 21.3. The fourth-order valence-electron chi connectivity index (χ4n) is 6.89. The molecule has 26 nitrogen and oxygen atoms in total. The molecule has 0 aromatic rings. The Morgan fingerprint density at radius 2 is 1.14 bits per heavy atom. The smallest absolute Gasteiger partial charge is 0.217 e. The Bertz CT molecular complexity index is 1290. The highest BCUT2D eigenvalue weighted by atomic mass is 16.8. The molecule has 0 aliphatic carbocycles. The number of hydrogen-bond acceptors (Lipinski definition) is 25. The van der Waals surface area contributed by atoms with Crippen LogP contribution in [0.25, 0.3) is 0 Å². The Morgan fingerprint density at radius 3 is 1.69 bits per heavy atom. The molecule has 16 N–H and O–H groups in total. The van der Waals surface area contributed by atoms with Crippen molar-refractivity contribution in [1.82, 2.24) is 5.32 Å². The van der Waals surface area contributed by atoms with Crippen LogP contribution < -0.4 is 5.32 Å². The molecule has 338 valence electrons. The summed E-state index contributed by atoms with van der Waals surface area (Å²) < 4.78 is 45.3. The first-order valence-corrected chi connectivity index (χ1v) is 18.2. The van der Waals surface area contributed by atoms with Crippen molar-refractivity contribution in [1.29, 1.82) is 0 Å². The van der Waals surface area contributed by atoms with Gasteiger partial charge < -0.3 is 125 Å². The number of aliphatic hydroxyl groups excluding tert-OH is 15. The normalized spacial score (nSPS) is 45.8. The molecule has 4 heterocycles. The van der Waals surface area contributed by atoms with E-state index in [1.165, 1.54) is 6.92 Å². The van der Waals surface area contributed by atoms with E-state index in [-0.39, 0.29) is 6.29 Å². The lowest BCUT2D eigenvalue weighted by molar-refractivity contribution is -0.387. The number of ether oxygens (including phenoxy) is 8. The number of aldehydes is 1. The largest absolute Gasteiger partial charge is 0.394 e. The number of hydrogen-bond donors (Lipinski definition) is 16. The quantitative estimate of drug-likeness (QED) is 0.0604. The number of rotatable bonds is 17. The minimum Gasteiger partial charge on any atom is -0.394 e. The second-order valence-electron chi connectivity index (χ2n) is 14.3. The van der Waals surface area contributed by atoms with Crippen LogP contribution in [-0.4, -0.2) is 262 Å². The highest BCUT2D eigenvalue weighted by Gasteiger charge is 2.56. The van der Waals surface area contributed by atoms with Gasteiger partial charge in [-0.2, -0.15) is 0 Å². The SMILES string of the molecule is CC(=O)N[C@H]1[C@H](O[C@H]2[C@@H](O)[C@@H](CO)O[C@@H](O[C@@H]([C@H](O)[C@@H](O)C=O)[C@H](O)CO)[C@@H]2O)O[C@H](CO)[C@@H](O)[C@@H]1O[C@@H]1O[C@H](CO)[C@H](O)[C@H](O)[C@@H]1O[C@@H]1O[C@@H](C)[C@@H](O)[C@@H](O)[C@@H]1O. The minimum atomic E-state index is -2.22. The van der Waals surface area contributed by atoms with Gasteiger partial charge in [-0.15, -0.1) is 0 Å². The van der Waals surface area contributed by atoms with E-state index in [0.29, 0.717) is 0 Å². The Balaban J connectivity index is 1.68. The molecule has 1 amide bonds. The third-order valence-electron chi connectivity index (χ3n) is 10.2. The van der Waals surface area contributed by atoms with Gasteiger partial charge in [-0.05, 0) is 6.92 Å². The van der Waals surface area contributed by atoms with Gasteiger partial charge in [-0.1, -0.05) is 0 Å². The van der Waals surface area contributed by atoms with E-state index in [1.807, 2.05) is 0 Å². The number of carbonyl (C=O) groups is 2. The van der Waals surface area contributed by atoms with Gasteiger partial charge in [0.1, 0.15) is 116 Å². The molecule has 26 heteroatoms. The second-order valence-corrected chi connectivity index (χ2v) is 14.3. The van der Waals surface area contributed by atoms with Gasteiger partial charge in [0.15, 0.2) is 31.4 Å². The minimum absolute atomic E-state index is 0.120. The molecule has 4 rings (SSSR count). The van der Waals surface area contributed by atoms with Crippen LogP contribution in [0.15, 0.2) is 0 Å². The van der Waals surface area contributed by atoms with Crippen molar-refractivity contribution >= 4 is 12.2 Å². The van der Waals surface area contributed by atoms with Crippen LogP contribution in [-0.2, 0) is 47.5 Å². The molecule has 4 aliphatic rings.